The van der Waals surface area contributed by atoms with E-state index in [0.717, 1.165) is 33.6 Å². The predicted molar refractivity (Wildman–Crippen MR) is 170 cm³/mol. The number of fused-ring (bicyclic) bond motifs is 1. The zero-order valence-electron chi connectivity index (χ0n) is 25.3. The minimum Gasteiger partial charge on any atom is -0.496 e. The first-order valence-electron chi connectivity index (χ1n) is 14.5. The Labute approximate surface area is 255 Å². The van der Waals surface area contributed by atoms with Crippen LogP contribution in [0.15, 0.2) is 82.1 Å². The first-order chi connectivity index (χ1) is 20.8. The van der Waals surface area contributed by atoms with Crippen molar-refractivity contribution in [2.24, 2.45) is 4.99 Å². The first-order valence-corrected chi connectivity index (χ1v) is 15.3. The quantitative estimate of drug-likeness (QED) is 0.229. The second-order valence-electron chi connectivity index (χ2n) is 10.5. The highest BCUT2D eigenvalue weighted by atomic mass is 32.1. The fourth-order valence-electron chi connectivity index (χ4n) is 5.31. The van der Waals surface area contributed by atoms with Gasteiger partial charge >= 0.3 is 5.97 Å². The Morgan fingerprint density at radius 1 is 1.05 bits per heavy atom. The van der Waals surface area contributed by atoms with Crippen LogP contribution in [0.4, 0.5) is 0 Å². The number of aryl methyl sites for hydroxylation is 1. The number of hydrogen-bond acceptors (Lipinski definition) is 7. The molecule has 0 amide bonds. The molecule has 1 aliphatic heterocycles. The lowest BCUT2D eigenvalue weighted by Gasteiger charge is -2.26. The van der Waals surface area contributed by atoms with Crippen molar-refractivity contribution in [1.29, 1.82) is 0 Å². The van der Waals surface area contributed by atoms with Crippen molar-refractivity contribution < 1.29 is 19.0 Å². The number of carbonyl (C=O) groups is 1. The van der Waals surface area contributed by atoms with E-state index in [2.05, 4.69) is 19.9 Å². The molecule has 8 heteroatoms. The van der Waals surface area contributed by atoms with E-state index in [1.54, 1.807) is 18.6 Å². The largest absolute Gasteiger partial charge is 0.496 e. The molecule has 222 valence electrons. The van der Waals surface area contributed by atoms with Crippen LogP contribution in [0.25, 0.3) is 11.8 Å². The third-order valence-corrected chi connectivity index (χ3v) is 8.39. The van der Waals surface area contributed by atoms with E-state index in [-0.39, 0.29) is 18.1 Å². The number of esters is 1. The normalized spacial score (nSPS) is 14.9. The molecule has 0 bridgehead atoms. The molecule has 0 radical (unpaired) electrons. The first kappa shape index (κ1) is 30.0. The van der Waals surface area contributed by atoms with Crippen LogP contribution in [0.3, 0.4) is 0 Å². The molecule has 3 aromatic carbocycles. The molecular weight excluding hydrogens is 560 g/mol. The van der Waals surface area contributed by atoms with Gasteiger partial charge < -0.3 is 14.2 Å². The van der Waals surface area contributed by atoms with Crippen LogP contribution in [0.5, 0.6) is 11.5 Å². The third-order valence-electron chi connectivity index (χ3n) is 7.41. The Hall–Kier alpha value is -4.43. The third kappa shape index (κ3) is 5.92. The van der Waals surface area contributed by atoms with E-state index in [1.165, 1.54) is 11.3 Å². The summed E-state index contributed by atoms with van der Waals surface area (Å²) in [6.07, 6.45) is 1.91. The molecule has 0 aliphatic carbocycles. The smallest absolute Gasteiger partial charge is 0.338 e. The van der Waals surface area contributed by atoms with Crippen molar-refractivity contribution in [1.82, 2.24) is 4.57 Å². The molecule has 1 aliphatic rings. The summed E-state index contributed by atoms with van der Waals surface area (Å²) in [5, 5.41) is 0. The Morgan fingerprint density at radius 2 is 1.77 bits per heavy atom. The summed E-state index contributed by atoms with van der Waals surface area (Å²) in [5.41, 5.74) is 5.10. The molecule has 0 fully saturated rings. The zero-order valence-corrected chi connectivity index (χ0v) is 26.2. The number of ether oxygens (including phenoxy) is 3. The molecule has 1 aromatic heterocycles. The standard InChI is InChI=1S/C35H36N2O5S/c1-7-41-26-16-14-24(15-17-26)32-30(34(39)42-8-2)31(23-12-10-9-11-13-23)36-35-37(32)33(38)29(43-35)20-25-19-27(21(3)4)28(40-6)18-22(25)5/h9-21,32H,7-8H2,1-6H3/b29-20-/t32-/m0/s1. The maximum Gasteiger partial charge on any atom is 0.338 e. The van der Waals surface area contributed by atoms with Crippen LogP contribution in [0.2, 0.25) is 0 Å². The minimum atomic E-state index is -0.744. The number of thiazole rings is 1. The summed E-state index contributed by atoms with van der Waals surface area (Å²) < 4.78 is 19.0. The van der Waals surface area contributed by atoms with E-state index >= 15 is 0 Å². The van der Waals surface area contributed by atoms with Gasteiger partial charge in [0.2, 0.25) is 0 Å². The molecule has 43 heavy (non-hydrogen) atoms. The number of methoxy groups -OCH3 is 1. The van der Waals surface area contributed by atoms with Gasteiger partial charge in [0, 0.05) is 5.56 Å². The van der Waals surface area contributed by atoms with Gasteiger partial charge in [-0.1, -0.05) is 67.6 Å². The molecular formula is C35H36N2O5S. The van der Waals surface area contributed by atoms with E-state index < -0.39 is 12.0 Å². The molecule has 4 aromatic rings. The van der Waals surface area contributed by atoms with E-state index in [9.17, 15) is 9.59 Å². The topological polar surface area (TPSA) is 79.1 Å². The molecule has 0 saturated carbocycles. The number of nitrogens with zero attached hydrogens (tertiary/aromatic N) is 2. The van der Waals surface area contributed by atoms with Crippen molar-refractivity contribution in [3.8, 4) is 11.5 Å². The van der Waals surface area contributed by atoms with Crippen LogP contribution < -0.4 is 24.4 Å². The van der Waals surface area contributed by atoms with Crippen LogP contribution in [-0.4, -0.2) is 30.9 Å². The van der Waals surface area contributed by atoms with Crippen molar-refractivity contribution in [2.45, 2.75) is 46.6 Å². The molecule has 5 rings (SSSR count). The molecule has 0 saturated heterocycles. The fourth-order valence-corrected chi connectivity index (χ4v) is 6.30. The Morgan fingerprint density at radius 3 is 2.40 bits per heavy atom. The monoisotopic (exact) mass is 596 g/mol. The van der Waals surface area contributed by atoms with Gasteiger partial charge in [0.15, 0.2) is 4.80 Å². The number of hydrogen-bond donors (Lipinski definition) is 0. The molecule has 0 spiro atoms. The lowest BCUT2D eigenvalue weighted by atomic mass is 9.93. The Balaban J connectivity index is 1.80. The van der Waals surface area contributed by atoms with Gasteiger partial charge in [-0.05, 0) is 79.3 Å². The number of rotatable bonds is 9. The maximum atomic E-state index is 14.3. The van der Waals surface area contributed by atoms with Gasteiger partial charge in [0.05, 0.1) is 42.2 Å². The second kappa shape index (κ2) is 12.8. The zero-order chi connectivity index (χ0) is 30.7. The highest BCUT2D eigenvalue weighted by Gasteiger charge is 2.35. The van der Waals surface area contributed by atoms with Crippen LogP contribution >= 0.6 is 11.3 Å². The summed E-state index contributed by atoms with van der Waals surface area (Å²) in [6, 6.07) is 20.4. The SMILES string of the molecule is CCOC(=O)C1=C(c2ccccc2)N=c2s/c(=C\c3cc(C(C)C)c(OC)cc3C)c(=O)n2[C@H]1c1ccc(OCC)cc1. The van der Waals surface area contributed by atoms with Gasteiger partial charge in [0.1, 0.15) is 11.5 Å². The predicted octanol–water partition coefficient (Wildman–Crippen LogP) is 5.77. The molecule has 7 nitrogen and oxygen atoms in total. The summed E-state index contributed by atoms with van der Waals surface area (Å²) >= 11 is 1.31. The van der Waals surface area contributed by atoms with E-state index in [4.69, 9.17) is 19.2 Å². The minimum absolute atomic E-state index is 0.194. The average Bonchev–Trinajstić information content (AvgIpc) is 3.32. The van der Waals surface area contributed by atoms with E-state index in [1.807, 2.05) is 80.6 Å². The molecule has 0 N–H and O–H groups in total. The maximum absolute atomic E-state index is 14.3. The van der Waals surface area contributed by atoms with Gasteiger partial charge in [-0.3, -0.25) is 9.36 Å². The summed E-state index contributed by atoms with van der Waals surface area (Å²) in [4.78, 5) is 33.4. The van der Waals surface area contributed by atoms with Crippen molar-refractivity contribution in [3.63, 3.8) is 0 Å². The van der Waals surface area contributed by atoms with Gasteiger partial charge in [-0.25, -0.2) is 9.79 Å². The molecule has 1 atom stereocenters. The lowest BCUT2D eigenvalue weighted by Crippen LogP contribution is -2.40. The van der Waals surface area contributed by atoms with Crippen molar-refractivity contribution in [3.05, 3.63) is 120 Å². The average molecular weight is 597 g/mol. The Bertz CT molecular complexity index is 1850. The van der Waals surface area contributed by atoms with E-state index in [0.29, 0.717) is 33.0 Å². The number of carbonyl (C=O) groups excluding carboxylic acids is 1. The van der Waals surface area contributed by atoms with Crippen LogP contribution in [-0.2, 0) is 9.53 Å². The second-order valence-corrected chi connectivity index (χ2v) is 11.5. The molecule has 0 unspecified atom stereocenters. The lowest BCUT2D eigenvalue weighted by molar-refractivity contribution is -0.138. The van der Waals surface area contributed by atoms with Gasteiger partial charge in [0.25, 0.3) is 5.56 Å². The van der Waals surface area contributed by atoms with Crippen molar-refractivity contribution in [2.75, 3.05) is 20.3 Å². The van der Waals surface area contributed by atoms with Crippen LogP contribution in [0.1, 0.15) is 67.5 Å². The number of aromatic nitrogens is 1. The van der Waals surface area contributed by atoms with Gasteiger partial charge in [-0.2, -0.15) is 0 Å². The van der Waals surface area contributed by atoms with Crippen molar-refractivity contribution >= 4 is 29.1 Å². The summed E-state index contributed by atoms with van der Waals surface area (Å²) in [7, 11) is 1.67. The highest BCUT2D eigenvalue weighted by Crippen LogP contribution is 2.36. The summed E-state index contributed by atoms with van der Waals surface area (Å²) in [5.74, 6) is 1.27. The fraction of sp³-hybridized carbons (Fsp3) is 0.286. The summed E-state index contributed by atoms with van der Waals surface area (Å²) in [6.45, 7) is 10.7. The van der Waals surface area contributed by atoms with Gasteiger partial charge in [-0.15, -0.1) is 0 Å². The Kier molecular flexibility index (Phi) is 8.97. The molecule has 2 heterocycles. The highest BCUT2D eigenvalue weighted by molar-refractivity contribution is 7.07. The van der Waals surface area contributed by atoms with Crippen LogP contribution in [0, 0.1) is 6.92 Å². The number of benzene rings is 3.